The van der Waals surface area contributed by atoms with E-state index in [2.05, 4.69) is 28.5 Å². The van der Waals surface area contributed by atoms with E-state index in [1.165, 1.54) is 0 Å². The fraction of sp³-hybridized carbons (Fsp3) is 0.219. The lowest BCUT2D eigenvalue weighted by atomic mass is 10.1. The van der Waals surface area contributed by atoms with Crippen LogP contribution in [0.5, 0.6) is 5.75 Å². The van der Waals surface area contributed by atoms with Gasteiger partial charge >= 0.3 is 6.03 Å². The number of para-hydroxylation sites is 1. The van der Waals surface area contributed by atoms with E-state index >= 15 is 0 Å². The van der Waals surface area contributed by atoms with Crippen molar-refractivity contribution < 1.29 is 14.3 Å². The predicted octanol–water partition coefficient (Wildman–Crippen LogP) is 4.56. The van der Waals surface area contributed by atoms with E-state index in [0.717, 1.165) is 22.3 Å². The number of nitrogens with zero attached hydrogens (tertiary/aromatic N) is 2. The van der Waals surface area contributed by atoms with Gasteiger partial charge in [0.1, 0.15) is 5.75 Å². The molecule has 0 radical (unpaired) electrons. The highest BCUT2D eigenvalue weighted by Gasteiger charge is 2.13. The van der Waals surface area contributed by atoms with Gasteiger partial charge in [-0.25, -0.2) is 4.79 Å². The number of hydrogen-bond donors (Lipinski definition) is 3. The van der Waals surface area contributed by atoms with Crippen molar-refractivity contribution in [3.63, 3.8) is 0 Å². The molecular weight excluding hydrogens is 518 g/mol. The summed E-state index contributed by atoms with van der Waals surface area (Å²) < 4.78 is 5.39. The minimum atomic E-state index is -0.218. The first kappa shape index (κ1) is 30.3. The van der Waals surface area contributed by atoms with Gasteiger partial charge < -0.3 is 30.2 Å². The molecule has 0 atom stereocenters. The Kier molecular flexibility index (Phi) is 10.9. The highest BCUT2D eigenvalue weighted by atomic mass is 16.5. The first-order valence-corrected chi connectivity index (χ1v) is 13.0. The summed E-state index contributed by atoms with van der Waals surface area (Å²) in [7, 11) is 5.11. The first-order valence-electron chi connectivity index (χ1n) is 13.0. The Bertz CT molecular complexity index is 1560. The normalized spacial score (nSPS) is 10.2. The summed E-state index contributed by atoms with van der Waals surface area (Å²) in [6.45, 7) is 0.993. The molecule has 9 nitrogen and oxygen atoms in total. The van der Waals surface area contributed by atoms with Crippen LogP contribution in [-0.2, 0) is 17.8 Å². The van der Waals surface area contributed by atoms with Crippen molar-refractivity contribution in [2.45, 2.75) is 13.0 Å². The van der Waals surface area contributed by atoms with Crippen molar-refractivity contribution in [2.75, 3.05) is 44.9 Å². The van der Waals surface area contributed by atoms with E-state index in [1.54, 1.807) is 43.3 Å². The van der Waals surface area contributed by atoms with Gasteiger partial charge in [0.05, 0.1) is 13.7 Å². The van der Waals surface area contributed by atoms with Gasteiger partial charge in [0, 0.05) is 50.1 Å². The Balaban J connectivity index is 0.00000226. The molecule has 3 amide bonds. The van der Waals surface area contributed by atoms with Crippen molar-refractivity contribution in [1.29, 1.82) is 0 Å². The van der Waals surface area contributed by atoms with Crippen LogP contribution in [0.1, 0.15) is 11.1 Å². The third-order valence-electron chi connectivity index (χ3n) is 6.50. The predicted molar refractivity (Wildman–Crippen MR) is 164 cm³/mol. The number of rotatable bonds is 10. The molecule has 0 unspecified atom stereocenters. The molecule has 4 aromatic rings. The SMILES string of the molecule is C#C.COc1ccccc1CCN(C)C(=O)Nc1cccc(CN(C)C(=O)CNc2ccc3cc[nH]c(=O)c3c2)c1. The van der Waals surface area contributed by atoms with Crippen LogP contribution in [0.3, 0.4) is 0 Å². The molecule has 3 N–H and O–H groups in total. The number of H-pyrrole nitrogens is 1. The van der Waals surface area contributed by atoms with Crippen LogP contribution >= 0.6 is 0 Å². The Morgan fingerprint density at radius 1 is 0.927 bits per heavy atom. The number of ether oxygens (including phenoxy) is 1. The third-order valence-corrected chi connectivity index (χ3v) is 6.50. The molecule has 0 saturated carbocycles. The number of urea groups is 1. The summed E-state index contributed by atoms with van der Waals surface area (Å²) >= 11 is 0. The summed E-state index contributed by atoms with van der Waals surface area (Å²) in [5, 5.41) is 7.42. The number of terminal acetylenes is 1. The molecule has 41 heavy (non-hydrogen) atoms. The maximum atomic E-state index is 12.7. The largest absolute Gasteiger partial charge is 0.496 e. The second-order valence-corrected chi connectivity index (χ2v) is 9.33. The quantitative estimate of drug-likeness (QED) is 0.250. The van der Waals surface area contributed by atoms with Crippen LogP contribution in [0.4, 0.5) is 16.2 Å². The lowest BCUT2D eigenvalue weighted by Gasteiger charge is -2.20. The van der Waals surface area contributed by atoms with Crippen molar-refractivity contribution >= 4 is 34.1 Å². The van der Waals surface area contributed by atoms with Gasteiger partial charge in [-0.05, 0) is 59.3 Å². The van der Waals surface area contributed by atoms with Gasteiger partial charge in [-0.1, -0.05) is 36.4 Å². The zero-order chi connectivity index (χ0) is 29.8. The Morgan fingerprint density at radius 2 is 1.71 bits per heavy atom. The topological polar surface area (TPSA) is 107 Å². The molecule has 4 rings (SSSR count). The zero-order valence-electron chi connectivity index (χ0n) is 23.5. The molecule has 0 aliphatic carbocycles. The minimum Gasteiger partial charge on any atom is -0.496 e. The van der Waals surface area contributed by atoms with E-state index < -0.39 is 0 Å². The molecule has 0 fully saturated rings. The Hall–Kier alpha value is -5.23. The van der Waals surface area contributed by atoms with E-state index in [4.69, 9.17) is 4.74 Å². The van der Waals surface area contributed by atoms with Crippen molar-refractivity contribution in [2.24, 2.45) is 0 Å². The lowest BCUT2D eigenvalue weighted by molar-refractivity contribution is -0.128. The van der Waals surface area contributed by atoms with Gasteiger partial charge in [-0.3, -0.25) is 9.59 Å². The third kappa shape index (κ3) is 8.38. The van der Waals surface area contributed by atoms with Gasteiger partial charge in [-0.15, -0.1) is 12.8 Å². The second-order valence-electron chi connectivity index (χ2n) is 9.33. The van der Waals surface area contributed by atoms with Crippen LogP contribution < -0.4 is 20.9 Å². The fourth-order valence-electron chi connectivity index (χ4n) is 4.23. The minimum absolute atomic E-state index is 0.0835. The van der Waals surface area contributed by atoms with Crippen LogP contribution in [-0.4, -0.2) is 61.0 Å². The van der Waals surface area contributed by atoms with Crippen molar-refractivity contribution in [3.8, 4) is 18.6 Å². The molecule has 212 valence electrons. The number of carbonyl (C=O) groups excluding carboxylic acids is 2. The molecule has 0 spiro atoms. The van der Waals surface area contributed by atoms with Gasteiger partial charge in [-0.2, -0.15) is 0 Å². The summed E-state index contributed by atoms with van der Waals surface area (Å²) in [6, 6.07) is 22.2. The maximum Gasteiger partial charge on any atom is 0.321 e. The molecule has 1 aromatic heterocycles. The highest BCUT2D eigenvalue weighted by Crippen LogP contribution is 2.19. The van der Waals surface area contributed by atoms with Gasteiger partial charge in [0.15, 0.2) is 0 Å². The number of nitrogens with one attached hydrogen (secondary N) is 3. The summed E-state index contributed by atoms with van der Waals surface area (Å²) in [5.41, 5.74) is 3.10. The van der Waals surface area contributed by atoms with Crippen molar-refractivity contribution in [3.05, 3.63) is 100 Å². The van der Waals surface area contributed by atoms with Crippen LogP contribution in [0.2, 0.25) is 0 Å². The number of pyridine rings is 1. The van der Waals surface area contributed by atoms with Crippen LogP contribution in [0, 0.1) is 12.8 Å². The maximum absolute atomic E-state index is 12.7. The van der Waals surface area contributed by atoms with E-state index in [0.29, 0.717) is 36.3 Å². The van der Waals surface area contributed by atoms with Crippen LogP contribution in [0.25, 0.3) is 10.8 Å². The molecule has 0 aliphatic rings. The average Bonchev–Trinajstić information content (AvgIpc) is 3.00. The number of aromatic amines is 1. The number of anilines is 2. The number of fused-ring (bicyclic) bond motifs is 1. The second kappa shape index (κ2) is 14.8. The number of carbonyl (C=O) groups is 2. The number of benzene rings is 3. The van der Waals surface area contributed by atoms with Crippen LogP contribution in [0.15, 0.2) is 83.8 Å². The first-order chi connectivity index (χ1) is 19.8. The smallest absolute Gasteiger partial charge is 0.321 e. The van der Waals surface area contributed by atoms with E-state index in [-0.39, 0.29) is 24.0 Å². The van der Waals surface area contributed by atoms with E-state index in [9.17, 15) is 14.4 Å². The number of hydrogen-bond acceptors (Lipinski definition) is 5. The molecular formula is C32H35N5O4. The molecule has 0 saturated heterocycles. The number of amides is 3. The summed E-state index contributed by atoms with van der Waals surface area (Å²) in [4.78, 5) is 43.4. The van der Waals surface area contributed by atoms with E-state index in [1.807, 2.05) is 66.7 Å². The zero-order valence-corrected chi connectivity index (χ0v) is 23.5. The molecule has 9 heteroatoms. The standard InChI is InChI=1S/C30H33N5O4.C2H2/c1-34(16-14-23-8-4-5-10-27(23)39-3)30(38)33-25-9-6-7-21(17-25)20-35(2)28(36)19-32-24-12-11-22-13-15-31-29(37)26(22)18-24;1-2/h4-13,15,17-18,32H,14,16,19-20H2,1-3H3,(H,31,37)(H,33,38);1-2H. The molecule has 3 aromatic carbocycles. The number of likely N-dealkylation sites (N-methyl/N-ethyl adjacent to an activating group) is 2. The molecule has 0 aliphatic heterocycles. The molecule has 0 bridgehead atoms. The monoisotopic (exact) mass is 553 g/mol. The van der Waals surface area contributed by atoms with Gasteiger partial charge in [0.2, 0.25) is 5.91 Å². The Labute approximate surface area is 240 Å². The summed E-state index contributed by atoms with van der Waals surface area (Å²) in [5.74, 6) is 0.697. The van der Waals surface area contributed by atoms with Gasteiger partial charge in [0.25, 0.3) is 5.56 Å². The number of aromatic nitrogens is 1. The highest BCUT2D eigenvalue weighted by molar-refractivity contribution is 5.89. The lowest BCUT2D eigenvalue weighted by Crippen LogP contribution is -2.33. The summed E-state index contributed by atoms with van der Waals surface area (Å²) in [6.07, 6.45) is 10.3. The fourth-order valence-corrected chi connectivity index (χ4v) is 4.23. The number of methoxy groups -OCH3 is 1. The van der Waals surface area contributed by atoms with Crippen molar-refractivity contribution in [1.82, 2.24) is 14.8 Å². The molecule has 1 heterocycles. The Morgan fingerprint density at radius 3 is 2.49 bits per heavy atom. The average molecular weight is 554 g/mol.